The Morgan fingerprint density at radius 1 is 1.78 bits per heavy atom. The largest absolute Gasteiger partial charge is 0.480 e. The van der Waals surface area contributed by atoms with Gasteiger partial charge < -0.3 is 10.8 Å². The molecule has 0 spiro atoms. The van der Waals surface area contributed by atoms with Gasteiger partial charge in [0, 0.05) is 0 Å². The van der Waals surface area contributed by atoms with Crippen molar-refractivity contribution in [2.24, 2.45) is 5.73 Å². The maximum Gasteiger partial charge on any atom is 0.320 e. The van der Waals surface area contributed by atoms with E-state index in [4.69, 9.17) is 10.8 Å². The quantitative estimate of drug-likeness (QED) is 0.555. The van der Waals surface area contributed by atoms with Crippen molar-refractivity contribution in [3.05, 3.63) is 0 Å². The summed E-state index contributed by atoms with van der Waals surface area (Å²) in [4.78, 5) is 10.1. The summed E-state index contributed by atoms with van der Waals surface area (Å²) in [5.41, 5.74) is 5.19. The molecule has 0 saturated carbocycles. The van der Waals surface area contributed by atoms with Crippen LogP contribution in [0, 0.1) is 0 Å². The van der Waals surface area contributed by atoms with Gasteiger partial charge in [-0.05, 0) is 19.0 Å². The molecule has 3 nitrogen and oxygen atoms in total. The number of aliphatic carboxylic acids is 1. The van der Waals surface area contributed by atoms with Gasteiger partial charge >= 0.3 is 5.97 Å². The van der Waals surface area contributed by atoms with E-state index in [2.05, 4.69) is 9.24 Å². The summed E-state index contributed by atoms with van der Waals surface area (Å²) in [5.74, 6) is -0.909. The predicted molar refractivity (Wildman–Crippen MR) is 39.4 cm³/mol. The van der Waals surface area contributed by atoms with Crippen molar-refractivity contribution in [2.45, 2.75) is 18.9 Å². The summed E-state index contributed by atoms with van der Waals surface area (Å²) in [7, 11) is 2.53. The number of carboxylic acid groups (broad SMARTS) is 1. The molecule has 0 amide bonds. The number of hydrogen-bond acceptors (Lipinski definition) is 2. The van der Waals surface area contributed by atoms with Gasteiger partial charge in [0.1, 0.15) is 6.04 Å². The summed E-state index contributed by atoms with van der Waals surface area (Å²) in [6, 6.07) is -0.675. The molecule has 0 bridgehead atoms. The first-order valence-electron chi connectivity index (χ1n) is 2.87. The first-order valence-corrected chi connectivity index (χ1v) is 3.68. The highest BCUT2D eigenvalue weighted by atomic mass is 31.0. The number of carboxylic acids is 1. The highest BCUT2D eigenvalue weighted by Gasteiger charge is 2.08. The van der Waals surface area contributed by atoms with E-state index in [1.807, 2.05) is 0 Å². The molecular formula is C5H12NO2P. The Balaban J connectivity index is 3.27. The number of carbonyl (C=O) groups is 1. The third-order valence-corrected chi connectivity index (χ3v) is 1.44. The van der Waals surface area contributed by atoms with Crippen LogP contribution in [0.2, 0.25) is 0 Å². The molecule has 0 heterocycles. The lowest BCUT2D eigenvalue weighted by molar-refractivity contribution is -0.138. The maximum atomic E-state index is 10.1. The Kier molecular flexibility index (Phi) is 4.64. The lowest BCUT2D eigenvalue weighted by Crippen LogP contribution is -2.29. The molecule has 0 aromatic rings. The van der Waals surface area contributed by atoms with Crippen molar-refractivity contribution in [2.75, 3.05) is 6.16 Å². The monoisotopic (exact) mass is 149 g/mol. The fourth-order valence-electron chi connectivity index (χ4n) is 0.461. The van der Waals surface area contributed by atoms with Gasteiger partial charge in [0.15, 0.2) is 0 Å². The van der Waals surface area contributed by atoms with Crippen LogP contribution in [0.15, 0.2) is 0 Å². The van der Waals surface area contributed by atoms with Crippen LogP contribution < -0.4 is 5.73 Å². The normalized spacial score (nSPS) is 13.1. The van der Waals surface area contributed by atoms with Crippen molar-refractivity contribution in [3.63, 3.8) is 0 Å². The molecule has 9 heavy (non-hydrogen) atoms. The first-order chi connectivity index (χ1) is 4.18. The van der Waals surface area contributed by atoms with Crippen LogP contribution in [0.1, 0.15) is 12.8 Å². The molecule has 2 atom stereocenters. The van der Waals surface area contributed by atoms with E-state index in [1.54, 1.807) is 0 Å². The van der Waals surface area contributed by atoms with Gasteiger partial charge in [-0.2, -0.15) is 0 Å². The minimum absolute atomic E-state index is 0.568. The highest BCUT2D eigenvalue weighted by Crippen LogP contribution is 1.97. The number of nitrogens with two attached hydrogens (primary N) is 1. The zero-order chi connectivity index (χ0) is 7.28. The Bertz CT molecular complexity index is 97.0. The summed E-state index contributed by atoms with van der Waals surface area (Å²) in [6.45, 7) is 0. The standard InChI is InChI=1S/C5H12NO2P/c6-4(5(7)8)2-1-3-9/h4H,1-3,6,9H2,(H,7,8). The fourth-order valence-corrected chi connectivity index (χ4v) is 0.697. The van der Waals surface area contributed by atoms with Crippen LogP contribution in [0.25, 0.3) is 0 Å². The van der Waals surface area contributed by atoms with Gasteiger partial charge in [-0.3, -0.25) is 4.79 Å². The molecule has 0 rings (SSSR count). The smallest absolute Gasteiger partial charge is 0.320 e. The molecule has 0 aromatic carbocycles. The fraction of sp³-hybridized carbons (Fsp3) is 0.800. The minimum Gasteiger partial charge on any atom is -0.480 e. The second-order valence-corrected chi connectivity index (χ2v) is 2.45. The molecule has 0 saturated heterocycles. The lowest BCUT2D eigenvalue weighted by atomic mass is 10.2. The lowest BCUT2D eigenvalue weighted by Gasteiger charge is -2.02. The van der Waals surface area contributed by atoms with E-state index in [1.165, 1.54) is 0 Å². The second-order valence-electron chi connectivity index (χ2n) is 1.88. The van der Waals surface area contributed by atoms with Gasteiger partial charge in [0.2, 0.25) is 0 Å². The topological polar surface area (TPSA) is 63.3 Å². The third kappa shape index (κ3) is 4.37. The second kappa shape index (κ2) is 4.71. The Labute approximate surface area is 56.8 Å². The van der Waals surface area contributed by atoms with E-state index < -0.39 is 12.0 Å². The van der Waals surface area contributed by atoms with Crippen molar-refractivity contribution in [1.82, 2.24) is 0 Å². The van der Waals surface area contributed by atoms with E-state index in [-0.39, 0.29) is 0 Å². The Morgan fingerprint density at radius 2 is 2.33 bits per heavy atom. The molecular weight excluding hydrogens is 137 g/mol. The molecule has 0 radical (unpaired) electrons. The van der Waals surface area contributed by atoms with Gasteiger partial charge in [-0.15, -0.1) is 9.24 Å². The number of rotatable bonds is 4. The van der Waals surface area contributed by atoms with Crippen molar-refractivity contribution < 1.29 is 9.90 Å². The van der Waals surface area contributed by atoms with Gasteiger partial charge in [0.25, 0.3) is 0 Å². The molecule has 0 fully saturated rings. The van der Waals surface area contributed by atoms with Crippen LogP contribution in [0.3, 0.4) is 0 Å². The van der Waals surface area contributed by atoms with Crippen LogP contribution in [0.5, 0.6) is 0 Å². The molecule has 0 aliphatic carbocycles. The van der Waals surface area contributed by atoms with E-state index in [9.17, 15) is 4.79 Å². The van der Waals surface area contributed by atoms with Crippen LogP contribution in [-0.2, 0) is 4.79 Å². The minimum atomic E-state index is -0.909. The Hall–Kier alpha value is -0.140. The molecule has 0 aliphatic heterocycles. The average Bonchev–Trinajstić information content (AvgIpc) is 1.82. The van der Waals surface area contributed by atoms with Crippen LogP contribution >= 0.6 is 9.24 Å². The molecule has 2 unspecified atom stereocenters. The zero-order valence-corrected chi connectivity index (χ0v) is 6.36. The Morgan fingerprint density at radius 3 is 2.67 bits per heavy atom. The zero-order valence-electron chi connectivity index (χ0n) is 5.21. The van der Waals surface area contributed by atoms with E-state index in [0.717, 1.165) is 12.6 Å². The van der Waals surface area contributed by atoms with Gasteiger partial charge in [-0.1, -0.05) is 0 Å². The molecule has 0 aromatic heterocycles. The van der Waals surface area contributed by atoms with Gasteiger partial charge in [0.05, 0.1) is 0 Å². The summed E-state index contributed by atoms with van der Waals surface area (Å²) in [6.07, 6.45) is 2.35. The molecule has 0 aliphatic rings. The average molecular weight is 149 g/mol. The van der Waals surface area contributed by atoms with E-state index >= 15 is 0 Å². The highest BCUT2D eigenvalue weighted by molar-refractivity contribution is 7.16. The third-order valence-electron chi connectivity index (χ3n) is 1.04. The van der Waals surface area contributed by atoms with Crippen LogP contribution in [-0.4, -0.2) is 23.3 Å². The SMILES string of the molecule is NC(CCCP)C(=O)O. The van der Waals surface area contributed by atoms with E-state index in [0.29, 0.717) is 6.42 Å². The van der Waals surface area contributed by atoms with Gasteiger partial charge in [-0.25, -0.2) is 0 Å². The maximum absolute atomic E-state index is 10.1. The predicted octanol–water partition coefficient (Wildman–Crippen LogP) is 0.0536. The summed E-state index contributed by atoms with van der Waals surface area (Å²) in [5, 5.41) is 8.28. The molecule has 4 heteroatoms. The summed E-state index contributed by atoms with van der Waals surface area (Å²) < 4.78 is 0. The van der Waals surface area contributed by atoms with Crippen molar-refractivity contribution in [1.29, 1.82) is 0 Å². The summed E-state index contributed by atoms with van der Waals surface area (Å²) >= 11 is 0. The molecule has 3 N–H and O–H groups in total. The number of hydrogen-bond donors (Lipinski definition) is 2. The first kappa shape index (κ1) is 8.86. The molecule has 54 valence electrons. The van der Waals surface area contributed by atoms with Crippen molar-refractivity contribution >= 4 is 15.2 Å². The van der Waals surface area contributed by atoms with Crippen LogP contribution in [0.4, 0.5) is 0 Å². The van der Waals surface area contributed by atoms with Crippen molar-refractivity contribution in [3.8, 4) is 0 Å².